The van der Waals surface area contributed by atoms with Gasteiger partial charge in [0, 0.05) is 24.1 Å². The number of rotatable bonds is 7. The van der Waals surface area contributed by atoms with E-state index in [1.165, 1.54) is 36.4 Å². The zero-order valence-electron chi connectivity index (χ0n) is 22.0. The third kappa shape index (κ3) is 5.30. The second kappa shape index (κ2) is 10.8. The summed E-state index contributed by atoms with van der Waals surface area (Å²) in [6.07, 6.45) is -8.49. The fraction of sp³-hybridized carbons (Fsp3) is 0.310. The normalized spacial score (nSPS) is 18.9. The molecule has 2 aliphatic rings. The van der Waals surface area contributed by atoms with Gasteiger partial charge in [-0.1, -0.05) is 30.3 Å². The average Bonchev–Trinajstić information content (AvgIpc) is 3.43. The maximum absolute atomic E-state index is 13.6. The van der Waals surface area contributed by atoms with Gasteiger partial charge in [0.1, 0.15) is 24.1 Å². The van der Waals surface area contributed by atoms with Gasteiger partial charge in [0.05, 0.1) is 5.69 Å². The van der Waals surface area contributed by atoms with Gasteiger partial charge < -0.3 is 9.64 Å². The molecule has 220 valence electrons. The molecule has 0 saturated carbocycles. The number of pyridine rings is 1. The Labute approximate surface area is 235 Å². The highest BCUT2D eigenvalue weighted by atomic mass is 19.4. The lowest BCUT2D eigenvalue weighted by molar-refractivity contribution is -0.187. The van der Waals surface area contributed by atoms with Gasteiger partial charge >= 0.3 is 12.3 Å². The van der Waals surface area contributed by atoms with Crippen molar-refractivity contribution >= 4 is 17.9 Å². The zero-order valence-corrected chi connectivity index (χ0v) is 22.0. The first-order chi connectivity index (χ1) is 19.8. The number of imide groups is 1. The minimum absolute atomic E-state index is 0.0177. The number of ether oxygens (including phenoxy) is 1. The highest BCUT2D eigenvalue weighted by Gasteiger charge is 2.58. The molecule has 1 saturated heterocycles. The van der Waals surface area contributed by atoms with E-state index in [-0.39, 0.29) is 24.1 Å². The Morgan fingerprint density at radius 2 is 1.81 bits per heavy atom. The number of amides is 3. The van der Waals surface area contributed by atoms with E-state index >= 15 is 0 Å². The van der Waals surface area contributed by atoms with Crippen molar-refractivity contribution in [1.29, 1.82) is 0 Å². The minimum Gasteiger partial charge on any atom is -0.427 e. The van der Waals surface area contributed by atoms with Gasteiger partial charge in [-0.3, -0.25) is 9.59 Å². The van der Waals surface area contributed by atoms with Gasteiger partial charge in [-0.25, -0.2) is 27.8 Å². The smallest absolute Gasteiger partial charge is 0.418 e. The summed E-state index contributed by atoms with van der Waals surface area (Å²) in [5, 5.41) is 0. The van der Waals surface area contributed by atoms with E-state index < -0.39 is 66.8 Å². The standard InChI is InChI=1S/C29H23F6N3O4/c1-16(29(33,34)35)37(14-17-5-8-20(30)9-6-17)24(39)15-38-26(40)28(42-27(38)41)12-11-18-13-19(7-10-21(18)28)22-3-2-4-23(36-22)25(31)32/h2-10,13,16,25H,11-12,14-15H2,1H3/t16?,28-/m1/s1. The molecule has 42 heavy (non-hydrogen) atoms. The van der Waals surface area contributed by atoms with Crippen LogP contribution in [0.3, 0.4) is 0 Å². The molecule has 3 amide bonds. The van der Waals surface area contributed by atoms with Crippen LogP contribution in [-0.4, -0.2) is 51.5 Å². The fourth-order valence-electron chi connectivity index (χ4n) is 5.18. The Bertz CT molecular complexity index is 1550. The lowest BCUT2D eigenvalue weighted by Crippen LogP contribution is -2.51. The lowest BCUT2D eigenvalue weighted by atomic mass is 9.93. The van der Waals surface area contributed by atoms with Crippen LogP contribution in [0.5, 0.6) is 0 Å². The number of fused-ring (bicyclic) bond motifs is 2. The molecule has 1 aromatic heterocycles. The topological polar surface area (TPSA) is 79.8 Å². The molecule has 13 heteroatoms. The molecular formula is C29H23F6N3O4. The summed E-state index contributed by atoms with van der Waals surface area (Å²) in [5.41, 5.74) is -0.278. The van der Waals surface area contributed by atoms with Crippen LogP contribution < -0.4 is 0 Å². The molecule has 0 bridgehead atoms. The van der Waals surface area contributed by atoms with Crippen molar-refractivity contribution in [3.63, 3.8) is 0 Å². The Morgan fingerprint density at radius 3 is 2.48 bits per heavy atom. The van der Waals surface area contributed by atoms with Crippen molar-refractivity contribution in [3.8, 4) is 11.3 Å². The first-order valence-electron chi connectivity index (χ1n) is 12.8. The largest absolute Gasteiger partial charge is 0.427 e. The van der Waals surface area contributed by atoms with E-state index in [9.17, 15) is 40.7 Å². The molecule has 2 aromatic carbocycles. The van der Waals surface area contributed by atoms with Crippen molar-refractivity contribution in [3.05, 3.63) is 88.9 Å². The number of carbonyl (C=O) groups excluding carboxylic acids is 3. The summed E-state index contributed by atoms with van der Waals surface area (Å²) in [4.78, 5) is 44.5. The van der Waals surface area contributed by atoms with E-state index in [0.29, 0.717) is 26.5 Å². The van der Waals surface area contributed by atoms with Gasteiger partial charge in [0.25, 0.3) is 12.3 Å². The van der Waals surface area contributed by atoms with Gasteiger partial charge in [0.2, 0.25) is 11.5 Å². The van der Waals surface area contributed by atoms with Crippen LogP contribution in [0.1, 0.15) is 42.2 Å². The van der Waals surface area contributed by atoms with Gasteiger partial charge in [-0.15, -0.1) is 0 Å². The van der Waals surface area contributed by atoms with Crippen LogP contribution in [-0.2, 0) is 32.9 Å². The van der Waals surface area contributed by atoms with Gasteiger partial charge in [-0.05, 0) is 54.8 Å². The van der Waals surface area contributed by atoms with E-state index in [0.717, 1.165) is 19.1 Å². The van der Waals surface area contributed by atoms with E-state index in [4.69, 9.17) is 4.74 Å². The van der Waals surface area contributed by atoms with Crippen LogP contribution in [0, 0.1) is 5.82 Å². The van der Waals surface area contributed by atoms with E-state index in [2.05, 4.69) is 4.98 Å². The molecule has 7 nitrogen and oxygen atoms in total. The molecule has 2 heterocycles. The third-order valence-electron chi connectivity index (χ3n) is 7.47. The number of aromatic nitrogens is 1. The minimum atomic E-state index is -4.82. The Hall–Kier alpha value is -4.42. The van der Waals surface area contributed by atoms with Crippen LogP contribution >= 0.6 is 0 Å². The van der Waals surface area contributed by atoms with E-state index in [1.807, 2.05) is 0 Å². The second-order valence-corrected chi connectivity index (χ2v) is 10.1. The van der Waals surface area contributed by atoms with Gasteiger partial charge in [0.15, 0.2) is 0 Å². The average molecular weight is 592 g/mol. The number of carbonyl (C=O) groups is 3. The van der Waals surface area contributed by atoms with Crippen LogP contribution in [0.2, 0.25) is 0 Å². The number of aryl methyl sites for hydroxylation is 1. The highest BCUT2D eigenvalue weighted by molar-refractivity contribution is 6.06. The Kier molecular flexibility index (Phi) is 7.46. The Morgan fingerprint density at radius 1 is 1.10 bits per heavy atom. The zero-order chi connectivity index (χ0) is 30.4. The van der Waals surface area contributed by atoms with Crippen molar-refractivity contribution in [2.45, 2.75) is 50.6 Å². The molecule has 1 spiro atoms. The summed E-state index contributed by atoms with van der Waals surface area (Å²) >= 11 is 0. The predicted octanol–water partition coefficient (Wildman–Crippen LogP) is 5.93. The number of hydrogen-bond donors (Lipinski definition) is 0. The quantitative estimate of drug-likeness (QED) is 0.319. The summed E-state index contributed by atoms with van der Waals surface area (Å²) in [7, 11) is 0. The summed E-state index contributed by atoms with van der Waals surface area (Å²) in [6.45, 7) is -0.781. The number of benzene rings is 2. The molecule has 1 aliphatic carbocycles. The molecule has 0 radical (unpaired) electrons. The first-order valence-corrected chi connectivity index (χ1v) is 12.8. The Balaban J connectivity index is 1.39. The first kappa shape index (κ1) is 29.1. The van der Waals surface area contributed by atoms with Crippen LogP contribution in [0.4, 0.5) is 31.1 Å². The third-order valence-corrected chi connectivity index (χ3v) is 7.47. The van der Waals surface area contributed by atoms with E-state index in [1.54, 1.807) is 12.1 Å². The van der Waals surface area contributed by atoms with Crippen molar-refractivity contribution in [2.24, 2.45) is 0 Å². The van der Waals surface area contributed by atoms with Crippen molar-refractivity contribution < 1.29 is 45.5 Å². The van der Waals surface area contributed by atoms with Gasteiger partial charge in [-0.2, -0.15) is 13.2 Å². The molecule has 0 N–H and O–H groups in total. The molecule has 1 unspecified atom stereocenters. The predicted molar refractivity (Wildman–Crippen MR) is 135 cm³/mol. The van der Waals surface area contributed by atoms with Crippen molar-refractivity contribution in [2.75, 3.05) is 6.54 Å². The summed E-state index contributed by atoms with van der Waals surface area (Å²) in [5.74, 6) is -2.67. The van der Waals surface area contributed by atoms with Crippen molar-refractivity contribution in [1.82, 2.24) is 14.8 Å². The number of hydrogen-bond acceptors (Lipinski definition) is 5. The summed E-state index contributed by atoms with van der Waals surface area (Å²) < 4.78 is 86.0. The maximum Gasteiger partial charge on any atom is 0.418 e. The van der Waals surface area contributed by atoms with Crippen LogP contribution in [0.25, 0.3) is 11.3 Å². The number of halogens is 6. The number of alkyl halides is 5. The highest BCUT2D eigenvalue weighted by Crippen LogP contribution is 2.46. The SMILES string of the molecule is CC(N(Cc1ccc(F)cc1)C(=O)CN1C(=O)O[C@@]2(CCc3cc(-c4cccc(C(F)F)n4)ccc32)C1=O)C(F)(F)F. The fourth-order valence-corrected chi connectivity index (χ4v) is 5.18. The molecule has 2 atom stereocenters. The molecule has 1 fully saturated rings. The molecule has 3 aromatic rings. The van der Waals surface area contributed by atoms with Crippen LogP contribution in [0.15, 0.2) is 60.7 Å². The second-order valence-electron chi connectivity index (χ2n) is 10.1. The molecule has 1 aliphatic heterocycles. The lowest BCUT2D eigenvalue weighted by Gasteiger charge is -2.31. The maximum atomic E-state index is 13.6. The molecular weight excluding hydrogens is 568 g/mol. The number of nitrogens with zero attached hydrogens (tertiary/aromatic N) is 3. The molecule has 5 rings (SSSR count). The monoisotopic (exact) mass is 591 g/mol. The summed E-state index contributed by atoms with van der Waals surface area (Å²) in [6, 6.07) is 11.1.